The molecule has 0 bridgehead atoms. The van der Waals surface area contributed by atoms with E-state index in [9.17, 15) is 4.79 Å². The number of allylic oxidation sites excluding steroid dienone is 2. The van der Waals surface area contributed by atoms with E-state index in [2.05, 4.69) is 4.98 Å². The van der Waals surface area contributed by atoms with Crippen molar-refractivity contribution in [1.29, 1.82) is 0 Å². The van der Waals surface area contributed by atoms with Crippen LogP contribution in [0, 0.1) is 0 Å². The molecule has 0 unspecified atom stereocenters. The smallest absolute Gasteiger partial charge is 0.189 e. The quantitative estimate of drug-likeness (QED) is 0.623. The van der Waals surface area contributed by atoms with Gasteiger partial charge in [0, 0.05) is 12.4 Å². The van der Waals surface area contributed by atoms with Crippen molar-refractivity contribution in [1.82, 2.24) is 4.98 Å². The summed E-state index contributed by atoms with van der Waals surface area (Å²) >= 11 is 0. The zero-order valence-electron chi connectivity index (χ0n) is 12.3. The van der Waals surface area contributed by atoms with E-state index in [-0.39, 0.29) is 5.78 Å². The molecule has 2 aromatic rings. The number of ketones is 1. The van der Waals surface area contributed by atoms with Crippen LogP contribution >= 0.6 is 0 Å². The minimum atomic E-state index is -0.125. The molecule has 0 aliphatic heterocycles. The standard InChI is InChI=1S/C17H17NO3/c1-12(13-7-9-18-10-8-13)11-15(19)14-5-4-6-16(20-2)17(14)21-3/h4-11H,1-3H3. The highest BCUT2D eigenvalue weighted by Crippen LogP contribution is 2.31. The average molecular weight is 283 g/mol. The lowest BCUT2D eigenvalue weighted by Crippen LogP contribution is -2.01. The molecular weight excluding hydrogens is 266 g/mol. The van der Waals surface area contributed by atoms with Crippen molar-refractivity contribution in [2.75, 3.05) is 14.2 Å². The van der Waals surface area contributed by atoms with E-state index < -0.39 is 0 Å². The van der Waals surface area contributed by atoms with Gasteiger partial charge >= 0.3 is 0 Å². The van der Waals surface area contributed by atoms with Gasteiger partial charge in [0.05, 0.1) is 19.8 Å². The lowest BCUT2D eigenvalue weighted by Gasteiger charge is -2.10. The number of rotatable bonds is 5. The second-order valence-electron chi connectivity index (χ2n) is 4.47. The van der Waals surface area contributed by atoms with Gasteiger partial charge in [0.15, 0.2) is 17.3 Å². The van der Waals surface area contributed by atoms with Crippen molar-refractivity contribution in [3.63, 3.8) is 0 Å². The van der Waals surface area contributed by atoms with Crippen LogP contribution in [0.3, 0.4) is 0 Å². The Morgan fingerprint density at radius 1 is 1.10 bits per heavy atom. The van der Waals surface area contributed by atoms with Crippen LogP contribution in [0.25, 0.3) is 5.57 Å². The molecule has 0 spiro atoms. The summed E-state index contributed by atoms with van der Waals surface area (Å²) in [5.41, 5.74) is 2.30. The van der Waals surface area contributed by atoms with Gasteiger partial charge in [-0.3, -0.25) is 9.78 Å². The largest absolute Gasteiger partial charge is 0.493 e. The van der Waals surface area contributed by atoms with Crippen molar-refractivity contribution in [3.05, 3.63) is 59.9 Å². The molecule has 0 saturated carbocycles. The maximum atomic E-state index is 12.4. The van der Waals surface area contributed by atoms with Crippen LogP contribution in [0.5, 0.6) is 11.5 Å². The molecule has 0 atom stereocenters. The summed E-state index contributed by atoms with van der Waals surface area (Å²) in [5, 5.41) is 0. The molecule has 21 heavy (non-hydrogen) atoms. The number of nitrogens with zero attached hydrogens (tertiary/aromatic N) is 1. The molecule has 0 aliphatic rings. The monoisotopic (exact) mass is 283 g/mol. The Morgan fingerprint density at radius 2 is 1.81 bits per heavy atom. The highest BCUT2D eigenvalue weighted by molar-refractivity contribution is 6.10. The highest BCUT2D eigenvalue weighted by atomic mass is 16.5. The number of aromatic nitrogens is 1. The first-order chi connectivity index (χ1) is 10.2. The number of para-hydroxylation sites is 1. The summed E-state index contributed by atoms with van der Waals surface area (Å²) in [7, 11) is 3.07. The Balaban J connectivity index is 2.37. The van der Waals surface area contributed by atoms with Gasteiger partial charge in [-0.15, -0.1) is 0 Å². The number of benzene rings is 1. The Morgan fingerprint density at radius 3 is 2.43 bits per heavy atom. The Bertz CT molecular complexity index is 663. The van der Waals surface area contributed by atoms with Crippen LogP contribution in [0.2, 0.25) is 0 Å². The second kappa shape index (κ2) is 6.70. The van der Waals surface area contributed by atoms with Crippen molar-refractivity contribution in [2.45, 2.75) is 6.92 Å². The fourth-order valence-electron chi connectivity index (χ4n) is 2.05. The van der Waals surface area contributed by atoms with Gasteiger partial charge in [-0.2, -0.15) is 0 Å². The van der Waals surface area contributed by atoms with Crippen LogP contribution < -0.4 is 9.47 Å². The van der Waals surface area contributed by atoms with Crippen molar-refractivity contribution >= 4 is 11.4 Å². The number of ether oxygens (including phenoxy) is 2. The molecule has 0 amide bonds. The molecule has 0 fully saturated rings. The molecule has 0 saturated heterocycles. The number of pyridine rings is 1. The Hall–Kier alpha value is -2.62. The minimum Gasteiger partial charge on any atom is -0.493 e. The summed E-state index contributed by atoms with van der Waals surface area (Å²) in [6.45, 7) is 1.89. The van der Waals surface area contributed by atoms with E-state index in [4.69, 9.17) is 9.47 Å². The van der Waals surface area contributed by atoms with Crippen LogP contribution in [-0.2, 0) is 0 Å². The Labute approximate surface area is 124 Å². The van der Waals surface area contributed by atoms with E-state index in [1.807, 2.05) is 19.1 Å². The number of methoxy groups -OCH3 is 2. The molecule has 2 rings (SSSR count). The zero-order valence-corrected chi connectivity index (χ0v) is 12.3. The van der Waals surface area contributed by atoms with Gasteiger partial charge in [-0.25, -0.2) is 0 Å². The summed E-state index contributed by atoms with van der Waals surface area (Å²) in [4.78, 5) is 16.4. The van der Waals surface area contributed by atoms with E-state index in [0.717, 1.165) is 11.1 Å². The molecule has 1 heterocycles. The van der Waals surface area contributed by atoms with Crippen molar-refractivity contribution < 1.29 is 14.3 Å². The van der Waals surface area contributed by atoms with Gasteiger partial charge in [0.2, 0.25) is 0 Å². The second-order valence-corrected chi connectivity index (χ2v) is 4.47. The molecule has 1 aromatic heterocycles. The van der Waals surface area contributed by atoms with Crippen molar-refractivity contribution in [2.24, 2.45) is 0 Å². The topological polar surface area (TPSA) is 48.4 Å². The number of hydrogen-bond donors (Lipinski definition) is 0. The molecule has 0 radical (unpaired) electrons. The molecule has 4 nitrogen and oxygen atoms in total. The number of carbonyl (C=O) groups is 1. The van der Waals surface area contributed by atoms with E-state index in [1.54, 1.807) is 43.8 Å². The summed E-state index contributed by atoms with van der Waals surface area (Å²) < 4.78 is 10.5. The van der Waals surface area contributed by atoms with Crippen LogP contribution in [0.15, 0.2) is 48.8 Å². The fraction of sp³-hybridized carbons (Fsp3) is 0.176. The van der Waals surface area contributed by atoms with Crippen LogP contribution in [0.1, 0.15) is 22.8 Å². The summed E-state index contributed by atoms with van der Waals surface area (Å²) in [5.74, 6) is 0.863. The van der Waals surface area contributed by atoms with E-state index in [0.29, 0.717) is 17.1 Å². The number of carbonyl (C=O) groups excluding carboxylic acids is 1. The normalized spacial score (nSPS) is 11.1. The van der Waals surface area contributed by atoms with E-state index in [1.165, 1.54) is 7.11 Å². The molecular formula is C17H17NO3. The lowest BCUT2D eigenvalue weighted by molar-refractivity contribution is 0.104. The van der Waals surface area contributed by atoms with E-state index >= 15 is 0 Å². The minimum absolute atomic E-state index is 0.125. The van der Waals surface area contributed by atoms with Crippen LogP contribution in [0.4, 0.5) is 0 Å². The lowest BCUT2D eigenvalue weighted by atomic mass is 10.0. The predicted molar refractivity (Wildman–Crippen MR) is 81.8 cm³/mol. The summed E-state index contributed by atoms with van der Waals surface area (Å²) in [6, 6.07) is 8.98. The third kappa shape index (κ3) is 3.28. The summed E-state index contributed by atoms with van der Waals surface area (Å²) in [6.07, 6.45) is 4.99. The van der Waals surface area contributed by atoms with Gasteiger partial charge in [0.25, 0.3) is 0 Å². The predicted octanol–water partition coefficient (Wildman–Crippen LogP) is 3.39. The zero-order chi connectivity index (χ0) is 15.2. The van der Waals surface area contributed by atoms with Gasteiger partial charge in [-0.1, -0.05) is 6.07 Å². The third-order valence-electron chi connectivity index (χ3n) is 3.15. The van der Waals surface area contributed by atoms with Crippen molar-refractivity contribution in [3.8, 4) is 11.5 Å². The molecule has 0 aliphatic carbocycles. The fourth-order valence-corrected chi connectivity index (χ4v) is 2.05. The van der Waals surface area contributed by atoms with Gasteiger partial charge in [-0.05, 0) is 48.4 Å². The first-order valence-corrected chi connectivity index (χ1v) is 6.51. The SMILES string of the molecule is COc1cccc(C(=O)C=C(C)c2ccncc2)c1OC. The number of hydrogen-bond acceptors (Lipinski definition) is 4. The highest BCUT2D eigenvalue weighted by Gasteiger charge is 2.14. The van der Waals surface area contributed by atoms with Crippen LogP contribution in [-0.4, -0.2) is 25.0 Å². The maximum absolute atomic E-state index is 12.4. The first kappa shape index (κ1) is 14.8. The average Bonchev–Trinajstić information content (AvgIpc) is 2.54. The maximum Gasteiger partial charge on any atom is 0.189 e. The first-order valence-electron chi connectivity index (χ1n) is 6.51. The third-order valence-corrected chi connectivity index (χ3v) is 3.15. The molecule has 4 heteroatoms. The molecule has 108 valence electrons. The Kier molecular flexibility index (Phi) is 4.72. The molecule has 0 N–H and O–H groups in total. The van der Waals surface area contributed by atoms with Gasteiger partial charge < -0.3 is 9.47 Å². The van der Waals surface area contributed by atoms with Gasteiger partial charge in [0.1, 0.15) is 0 Å². The molecule has 1 aromatic carbocycles.